The number of aromatic nitrogens is 4. The molecule has 3 heterocycles. The van der Waals surface area contributed by atoms with Gasteiger partial charge in [-0.05, 0) is 61.1 Å². The molecule has 7 nitrogen and oxygen atoms in total. The summed E-state index contributed by atoms with van der Waals surface area (Å²) in [5, 5.41) is 14.3. The number of amides is 1. The summed E-state index contributed by atoms with van der Waals surface area (Å²) in [4.78, 5) is 18.0. The predicted molar refractivity (Wildman–Crippen MR) is 96.5 cm³/mol. The van der Waals surface area contributed by atoms with Crippen LogP contribution in [0.4, 0.5) is 0 Å². The largest absolute Gasteiger partial charge is 0.339 e. The average molecular weight is 352 g/mol. The van der Waals surface area contributed by atoms with Crippen LogP contribution in [0.15, 0.2) is 18.2 Å². The third-order valence-electron chi connectivity index (χ3n) is 6.26. The van der Waals surface area contributed by atoms with Crippen molar-refractivity contribution in [2.45, 2.75) is 44.1 Å². The Kier molecular flexibility index (Phi) is 3.96. The highest BCUT2D eigenvalue weighted by Gasteiger charge is 2.36. The highest BCUT2D eigenvalue weighted by molar-refractivity contribution is 5.85. The van der Waals surface area contributed by atoms with Crippen LogP contribution >= 0.6 is 0 Å². The first-order valence-corrected chi connectivity index (χ1v) is 9.69. The molecule has 0 bridgehead atoms. The van der Waals surface area contributed by atoms with E-state index in [0.717, 1.165) is 44.5 Å². The van der Waals surface area contributed by atoms with Crippen molar-refractivity contribution in [2.24, 2.45) is 0 Å². The van der Waals surface area contributed by atoms with Crippen molar-refractivity contribution in [3.05, 3.63) is 29.3 Å². The lowest BCUT2D eigenvalue weighted by Crippen LogP contribution is -2.53. The smallest absolute Gasteiger partial charge is 0.230 e. The SMILES string of the molecule is O=C(C1CCCc2cc(-c3nn[nH]n3)ccc21)N1CCN2CCCC2C1. The predicted octanol–water partition coefficient (Wildman–Crippen LogP) is 1.59. The summed E-state index contributed by atoms with van der Waals surface area (Å²) < 4.78 is 0. The molecule has 1 aromatic carbocycles. The van der Waals surface area contributed by atoms with Crippen molar-refractivity contribution in [2.75, 3.05) is 26.2 Å². The molecular weight excluding hydrogens is 328 g/mol. The number of H-pyrrole nitrogens is 1. The number of rotatable bonds is 2. The first-order chi connectivity index (χ1) is 12.8. The van der Waals surface area contributed by atoms with Gasteiger partial charge >= 0.3 is 0 Å². The molecule has 1 N–H and O–H groups in total. The molecule has 0 spiro atoms. The number of tetrazole rings is 1. The minimum atomic E-state index is 0.00558. The normalized spacial score (nSPS) is 25.8. The van der Waals surface area contributed by atoms with E-state index in [2.05, 4.69) is 42.6 Å². The van der Waals surface area contributed by atoms with E-state index in [1.54, 1.807) is 0 Å². The Labute approximate surface area is 152 Å². The van der Waals surface area contributed by atoms with E-state index in [0.29, 0.717) is 17.8 Å². The fraction of sp³-hybridized carbons (Fsp3) is 0.579. The number of nitrogens with one attached hydrogen (secondary N) is 1. The number of aryl methyl sites for hydroxylation is 1. The Morgan fingerprint density at radius 2 is 2.12 bits per heavy atom. The fourth-order valence-electron chi connectivity index (χ4n) is 4.91. The van der Waals surface area contributed by atoms with Gasteiger partial charge in [-0.3, -0.25) is 9.69 Å². The van der Waals surface area contributed by atoms with E-state index < -0.39 is 0 Å². The Morgan fingerprint density at radius 1 is 1.15 bits per heavy atom. The molecule has 2 saturated heterocycles. The first-order valence-electron chi connectivity index (χ1n) is 9.69. The van der Waals surface area contributed by atoms with Gasteiger partial charge < -0.3 is 4.90 Å². The lowest BCUT2D eigenvalue weighted by atomic mass is 9.81. The maximum atomic E-state index is 13.3. The van der Waals surface area contributed by atoms with Crippen molar-refractivity contribution in [1.82, 2.24) is 30.4 Å². The van der Waals surface area contributed by atoms with Gasteiger partial charge in [-0.15, -0.1) is 10.2 Å². The molecule has 2 unspecified atom stereocenters. The molecule has 2 atom stereocenters. The van der Waals surface area contributed by atoms with Crippen molar-refractivity contribution in [3.63, 3.8) is 0 Å². The number of piperazine rings is 1. The van der Waals surface area contributed by atoms with E-state index in [9.17, 15) is 4.79 Å². The van der Waals surface area contributed by atoms with Gasteiger partial charge in [-0.1, -0.05) is 12.1 Å². The zero-order valence-corrected chi connectivity index (χ0v) is 14.9. The standard InChI is InChI=1S/C19H24N6O/c26-19(25-10-9-24-8-2-4-15(24)12-25)17-5-1-3-13-11-14(6-7-16(13)17)18-20-22-23-21-18/h6-7,11,15,17H,1-5,8-10,12H2,(H,20,21,22,23). The monoisotopic (exact) mass is 352 g/mol. The lowest BCUT2D eigenvalue weighted by Gasteiger charge is -2.39. The van der Waals surface area contributed by atoms with Crippen LogP contribution in [0.25, 0.3) is 11.4 Å². The molecule has 1 aromatic heterocycles. The van der Waals surface area contributed by atoms with Gasteiger partial charge in [-0.2, -0.15) is 5.21 Å². The molecule has 26 heavy (non-hydrogen) atoms. The van der Waals surface area contributed by atoms with Crippen molar-refractivity contribution in [1.29, 1.82) is 0 Å². The lowest BCUT2D eigenvalue weighted by molar-refractivity contribution is -0.135. The maximum Gasteiger partial charge on any atom is 0.230 e. The summed E-state index contributed by atoms with van der Waals surface area (Å²) in [6.45, 7) is 4.03. The van der Waals surface area contributed by atoms with Crippen LogP contribution in [0.3, 0.4) is 0 Å². The zero-order chi connectivity index (χ0) is 17.5. The van der Waals surface area contributed by atoms with Crippen molar-refractivity contribution >= 4 is 5.91 Å². The van der Waals surface area contributed by atoms with Crippen LogP contribution in [0.1, 0.15) is 42.7 Å². The van der Waals surface area contributed by atoms with E-state index >= 15 is 0 Å². The number of aromatic amines is 1. The minimum absolute atomic E-state index is 0.00558. The summed E-state index contributed by atoms with van der Waals surface area (Å²) in [5.74, 6) is 0.939. The van der Waals surface area contributed by atoms with Crippen molar-refractivity contribution in [3.8, 4) is 11.4 Å². The molecule has 0 saturated carbocycles. The quantitative estimate of drug-likeness (QED) is 0.888. The summed E-state index contributed by atoms with van der Waals surface area (Å²) in [5.41, 5.74) is 3.42. The number of hydrogen-bond donors (Lipinski definition) is 1. The van der Waals surface area contributed by atoms with Crippen molar-refractivity contribution < 1.29 is 4.79 Å². The molecule has 1 amide bonds. The molecule has 5 rings (SSSR count). The van der Waals surface area contributed by atoms with Crippen LogP contribution in [0.5, 0.6) is 0 Å². The molecule has 2 aliphatic heterocycles. The fourth-order valence-corrected chi connectivity index (χ4v) is 4.91. The Balaban J connectivity index is 1.38. The number of benzene rings is 1. The summed E-state index contributed by atoms with van der Waals surface area (Å²) in [6, 6.07) is 6.84. The third-order valence-corrected chi connectivity index (χ3v) is 6.26. The molecule has 0 radical (unpaired) electrons. The number of nitrogens with zero attached hydrogens (tertiary/aromatic N) is 5. The Morgan fingerprint density at radius 3 is 3.00 bits per heavy atom. The average Bonchev–Trinajstić information content (AvgIpc) is 3.37. The first kappa shape index (κ1) is 15.9. The van der Waals surface area contributed by atoms with Gasteiger partial charge in [-0.25, -0.2) is 0 Å². The minimum Gasteiger partial charge on any atom is -0.339 e. The second-order valence-electron chi connectivity index (χ2n) is 7.71. The molecule has 3 aliphatic rings. The van der Waals surface area contributed by atoms with E-state index in [1.165, 1.54) is 30.5 Å². The summed E-state index contributed by atoms with van der Waals surface area (Å²) in [7, 11) is 0. The van der Waals surface area contributed by atoms with Gasteiger partial charge in [0.1, 0.15) is 0 Å². The highest BCUT2D eigenvalue weighted by atomic mass is 16.2. The summed E-state index contributed by atoms with van der Waals surface area (Å²) in [6.07, 6.45) is 5.54. The molecule has 2 aromatic rings. The van der Waals surface area contributed by atoms with Gasteiger partial charge in [0.25, 0.3) is 0 Å². The maximum absolute atomic E-state index is 13.3. The van der Waals surface area contributed by atoms with Gasteiger partial charge in [0.2, 0.25) is 11.7 Å². The molecule has 2 fully saturated rings. The molecule has 1 aliphatic carbocycles. The topological polar surface area (TPSA) is 78.0 Å². The third kappa shape index (κ3) is 2.70. The molecule has 7 heteroatoms. The van der Waals surface area contributed by atoms with E-state index in [4.69, 9.17) is 0 Å². The number of carbonyl (C=O) groups is 1. The number of carbonyl (C=O) groups excluding carboxylic acids is 1. The molecular formula is C19H24N6O. The zero-order valence-electron chi connectivity index (χ0n) is 14.9. The van der Waals surface area contributed by atoms with E-state index in [-0.39, 0.29) is 5.92 Å². The van der Waals surface area contributed by atoms with Gasteiger partial charge in [0.15, 0.2) is 0 Å². The van der Waals surface area contributed by atoms with Crippen LogP contribution < -0.4 is 0 Å². The number of hydrogen-bond acceptors (Lipinski definition) is 5. The Hall–Kier alpha value is -2.28. The van der Waals surface area contributed by atoms with Crippen LogP contribution in [-0.2, 0) is 11.2 Å². The van der Waals surface area contributed by atoms with E-state index in [1.807, 2.05) is 6.07 Å². The second-order valence-corrected chi connectivity index (χ2v) is 7.71. The van der Waals surface area contributed by atoms with Gasteiger partial charge in [0, 0.05) is 31.2 Å². The molecule has 136 valence electrons. The number of fused-ring (bicyclic) bond motifs is 2. The van der Waals surface area contributed by atoms with Crippen LogP contribution in [0, 0.1) is 0 Å². The summed E-state index contributed by atoms with van der Waals surface area (Å²) >= 11 is 0. The van der Waals surface area contributed by atoms with Crippen LogP contribution in [0.2, 0.25) is 0 Å². The highest BCUT2D eigenvalue weighted by Crippen LogP contribution is 2.35. The van der Waals surface area contributed by atoms with Gasteiger partial charge in [0.05, 0.1) is 5.92 Å². The second kappa shape index (κ2) is 6.46. The van der Waals surface area contributed by atoms with Crippen LogP contribution in [-0.4, -0.2) is 68.6 Å². The Bertz CT molecular complexity index is 804.